The van der Waals surface area contributed by atoms with Crippen LogP contribution in [0.15, 0.2) is 54.7 Å². The quantitative estimate of drug-likeness (QED) is 0.680. The van der Waals surface area contributed by atoms with Crippen LogP contribution in [0.2, 0.25) is 0 Å². The van der Waals surface area contributed by atoms with Gasteiger partial charge in [0.25, 0.3) is 0 Å². The molecule has 0 atom stereocenters. The summed E-state index contributed by atoms with van der Waals surface area (Å²) in [7, 11) is 0. The van der Waals surface area contributed by atoms with E-state index >= 15 is 0 Å². The molecule has 0 aliphatic carbocycles. The van der Waals surface area contributed by atoms with E-state index in [0.717, 1.165) is 22.0 Å². The van der Waals surface area contributed by atoms with E-state index in [2.05, 4.69) is 0 Å². The molecule has 0 bridgehead atoms. The predicted octanol–water partition coefficient (Wildman–Crippen LogP) is 3.76. The molecule has 0 aliphatic heterocycles. The van der Waals surface area contributed by atoms with Crippen LogP contribution in [0.3, 0.4) is 0 Å². The van der Waals surface area contributed by atoms with Gasteiger partial charge in [0.1, 0.15) is 12.4 Å². The first-order valence-corrected chi connectivity index (χ1v) is 6.17. The molecular formula is C16H13FNO. The van der Waals surface area contributed by atoms with E-state index in [4.69, 9.17) is 0 Å². The van der Waals surface area contributed by atoms with Gasteiger partial charge in [0, 0.05) is 18.3 Å². The highest BCUT2D eigenvalue weighted by Crippen LogP contribution is 2.21. The van der Waals surface area contributed by atoms with Gasteiger partial charge in [-0.15, -0.1) is 0 Å². The summed E-state index contributed by atoms with van der Waals surface area (Å²) in [4.78, 5) is 0. The van der Waals surface area contributed by atoms with Crippen molar-refractivity contribution in [1.82, 2.24) is 4.57 Å². The highest BCUT2D eigenvalue weighted by atomic mass is 19.1. The van der Waals surface area contributed by atoms with Gasteiger partial charge >= 0.3 is 0 Å². The van der Waals surface area contributed by atoms with Crippen molar-refractivity contribution in [3.05, 3.63) is 71.7 Å². The largest absolute Gasteiger partial charge is 0.343 e. The Hall–Kier alpha value is -2.13. The van der Waals surface area contributed by atoms with Crippen molar-refractivity contribution in [1.29, 1.82) is 0 Å². The van der Waals surface area contributed by atoms with Gasteiger partial charge in [0.15, 0.2) is 0 Å². The SMILES string of the molecule is [O]Cc1cccc2ccn(Cc3cccc(F)c3)c12. The molecule has 1 aromatic heterocycles. The molecule has 1 radical (unpaired) electrons. The number of fused-ring (bicyclic) bond motifs is 1. The van der Waals surface area contributed by atoms with Crippen LogP contribution in [-0.2, 0) is 18.3 Å². The van der Waals surface area contributed by atoms with Crippen LogP contribution >= 0.6 is 0 Å². The lowest BCUT2D eigenvalue weighted by Gasteiger charge is -2.08. The monoisotopic (exact) mass is 254 g/mol. The highest BCUT2D eigenvalue weighted by molar-refractivity contribution is 5.83. The summed E-state index contributed by atoms with van der Waals surface area (Å²) in [6, 6.07) is 14.2. The van der Waals surface area contributed by atoms with Gasteiger partial charge in [-0.1, -0.05) is 30.3 Å². The zero-order valence-electron chi connectivity index (χ0n) is 10.3. The second-order valence-electron chi connectivity index (χ2n) is 4.57. The molecule has 0 unspecified atom stereocenters. The van der Waals surface area contributed by atoms with Gasteiger partial charge in [0.2, 0.25) is 0 Å². The molecule has 3 aromatic rings. The minimum Gasteiger partial charge on any atom is -0.343 e. The van der Waals surface area contributed by atoms with Crippen LogP contribution in [-0.4, -0.2) is 4.57 Å². The smallest absolute Gasteiger partial charge is 0.123 e. The summed E-state index contributed by atoms with van der Waals surface area (Å²) in [5.74, 6) is -0.238. The van der Waals surface area contributed by atoms with Crippen LogP contribution in [0.1, 0.15) is 11.1 Å². The third-order valence-electron chi connectivity index (χ3n) is 3.27. The van der Waals surface area contributed by atoms with E-state index in [1.54, 1.807) is 6.07 Å². The molecule has 1 heterocycles. The first-order chi connectivity index (χ1) is 9.28. The van der Waals surface area contributed by atoms with Crippen LogP contribution in [0.4, 0.5) is 4.39 Å². The van der Waals surface area contributed by atoms with E-state index in [9.17, 15) is 9.50 Å². The molecule has 19 heavy (non-hydrogen) atoms. The Labute approximate surface area is 110 Å². The predicted molar refractivity (Wildman–Crippen MR) is 71.8 cm³/mol. The number of rotatable bonds is 3. The van der Waals surface area contributed by atoms with Gasteiger partial charge in [-0.3, -0.25) is 0 Å². The minimum atomic E-state index is -0.246. The van der Waals surface area contributed by atoms with Crippen molar-refractivity contribution >= 4 is 10.9 Å². The van der Waals surface area contributed by atoms with Crippen molar-refractivity contribution in [3.63, 3.8) is 0 Å². The standard InChI is InChI=1S/C16H13FNO/c17-15-6-1-3-12(9-15)10-18-8-7-13-4-2-5-14(11-19)16(13)18/h1-9H,10-11H2. The number of para-hydroxylation sites is 1. The molecule has 0 saturated heterocycles. The second-order valence-corrected chi connectivity index (χ2v) is 4.57. The number of nitrogens with zero attached hydrogens (tertiary/aromatic N) is 1. The Balaban J connectivity index is 2.06. The van der Waals surface area contributed by atoms with Crippen molar-refractivity contribution in [3.8, 4) is 0 Å². The van der Waals surface area contributed by atoms with Crippen molar-refractivity contribution in [2.24, 2.45) is 0 Å². The van der Waals surface area contributed by atoms with E-state index < -0.39 is 0 Å². The zero-order valence-corrected chi connectivity index (χ0v) is 10.3. The summed E-state index contributed by atoms with van der Waals surface area (Å²) in [5.41, 5.74) is 2.61. The maximum absolute atomic E-state index is 13.2. The van der Waals surface area contributed by atoms with Crippen molar-refractivity contribution < 1.29 is 9.50 Å². The second kappa shape index (κ2) is 4.86. The third-order valence-corrected chi connectivity index (χ3v) is 3.27. The number of hydrogen-bond donors (Lipinski definition) is 0. The lowest BCUT2D eigenvalue weighted by atomic mass is 10.1. The molecule has 0 spiro atoms. The van der Waals surface area contributed by atoms with Gasteiger partial charge in [-0.05, 0) is 29.1 Å². The Morgan fingerprint density at radius 2 is 1.89 bits per heavy atom. The maximum atomic E-state index is 13.2. The molecule has 3 heteroatoms. The molecular weight excluding hydrogens is 241 g/mol. The average molecular weight is 254 g/mol. The van der Waals surface area contributed by atoms with Crippen molar-refractivity contribution in [2.45, 2.75) is 13.2 Å². The fraction of sp³-hybridized carbons (Fsp3) is 0.125. The first kappa shape index (κ1) is 11.9. The third kappa shape index (κ3) is 2.25. The lowest BCUT2D eigenvalue weighted by molar-refractivity contribution is 0.178. The summed E-state index contributed by atoms with van der Waals surface area (Å²) in [6.07, 6.45) is 1.94. The lowest BCUT2D eigenvalue weighted by Crippen LogP contribution is -2.00. The molecule has 2 nitrogen and oxygen atoms in total. The Morgan fingerprint density at radius 3 is 2.68 bits per heavy atom. The van der Waals surface area contributed by atoms with Gasteiger partial charge in [-0.2, -0.15) is 0 Å². The Bertz CT molecular complexity index is 718. The average Bonchev–Trinajstić information content (AvgIpc) is 2.82. The fourth-order valence-electron chi connectivity index (χ4n) is 2.42. The molecule has 3 rings (SSSR count). The summed E-state index contributed by atoms with van der Waals surface area (Å²) in [5, 5.41) is 12.3. The Morgan fingerprint density at radius 1 is 1.05 bits per heavy atom. The van der Waals surface area contributed by atoms with E-state index in [1.807, 2.05) is 41.1 Å². The number of aromatic nitrogens is 1. The van der Waals surface area contributed by atoms with E-state index in [-0.39, 0.29) is 12.4 Å². The molecule has 0 aliphatic rings. The summed E-state index contributed by atoms with van der Waals surface area (Å²) >= 11 is 0. The van der Waals surface area contributed by atoms with Crippen molar-refractivity contribution in [2.75, 3.05) is 0 Å². The van der Waals surface area contributed by atoms with Crippen LogP contribution in [0.25, 0.3) is 10.9 Å². The number of hydrogen-bond acceptors (Lipinski definition) is 0. The summed E-state index contributed by atoms with van der Waals surface area (Å²) < 4.78 is 15.2. The molecule has 2 aromatic carbocycles. The van der Waals surface area contributed by atoms with Gasteiger partial charge in [0.05, 0.1) is 5.52 Å². The molecule has 0 N–H and O–H groups in total. The molecule has 0 amide bonds. The van der Waals surface area contributed by atoms with E-state index in [0.29, 0.717) is 6.54 Å². The minimum absolute atomic E-state index is 0.238. The normalized spacial score (nSPS) is 11.1. The Kier molecular flexibility index (Phi) is 3.05. The first-order valence-electron chi connectivity index (χ1n) is 6.17. The fourth-order valence-corrected chi connectivity index (χ4v) is 2.42. The molecule has 95 valence electrons. The van der Waals surface area contributed by atoms with Gasteiger partial charge in [-0.25, -0.2) is 9.50 Å². The van der Waals surface area contributed by atoms with Crippen LogP contribution in [0.5, 0.6) is 0 Å². The van der Waals surface area contributed by atoms with E-state index in [1.165, 1.54) is 12.1 Å². The maximum Gasteiger partial charge on any atom is 0.123 e. The van der Waals surface area contributed by atoms with Crippen LogP contribution < -0.4 is 0 Å². The summed E-state index contributed by atoms with van der Waals surface area (Å²) in [6.45, 7) is 0.322. The molecule has 0 saturated carbocycles. The van der Waals surface area contributed by atoms with Gasteiger partial charge < -0.3 is 4.57 Å². The number of benzene rings is 2. The highest BCUT2D eigenvalue weighted by Gasteiger charge is 2.07. The molecule has 0 fully saturated rings. The van der Waals surface area contributed by atoms with Crippen LogP contribution in [0, 0.1) is 5.82 Å². The zero-order chi connectivity index (χ0) is 13.2. The topological polar surface area (TPSA) is 24.8 Å². The number of halogens is 1.